The Balaban J connectivity index is 1.39. The summed E-state index contributed by atoms with van der Waals surface area (Å²) in [5.41, 5.74) is -1.87. The van der Waals surface area contributed by atoms with Crippen molar-refractivity contribution in [2.75, 3.05) is 0 Å². The van der Waals surface area contributed by atoms with Gasteiger partial charge in [-0.2, -0.15) is 0 Å². The average molecular weight is 571 g/mol. The highest BCUT2D eigenvalue weighted by molar-refractivity contribution is 6.00. The minimum atomic E-state index is -1.89. The standard InChI is InChI=1S/C33H30O9/c1-16(2)21-20(14-18-10-6-4-7-11-18)25-32-24(34)23-22(17(3)27(35)39-23)33(32,29(37)40-25)42-30-31(21,32)26(28(36)41-30)38-15-19-12-8-5-9-13-19/h4-13,20-21,23-26,30,34H,1,14-15H2,2-3H3/t20-,21-,23?,24+,25?,26+,30?,31?,32?,33?/m1/s1. The number of ether oxygens (including phenoxy) is 5. The molecule has 0 bridgehead atoms. The first-order valence-corrected chi connectivity index (χ1v) is 14.3. The van der Waals surface area contributed by atoms with Gasteiger partial charge in [-0.15, -0.1) is 0 Å². The van der Waals surface area contributed by atoms with Crippen LogP contribution in [0.4, 0.5) is 0 Å². The van der Waals surface area contributed by atoms with E-state index < -0.39 is 76.9 Å². The molecule has 42 heavy (non-hydrogen) atoms. The van der Waals surface area contributed by atoms with Gasteiger partial charge in [-0.1, -0.05) is 72.8 Å². The molecule has 6 aliphatic rings. The van der Waals surface area contributed by atoms with Gasteiger partial charge >= 0.3 is 17.9 Å². The summed E-state index contributed by atoms with van der Waals surface area (Å²) < 4.78 is 31.0. The molecule has 4 aliphatic heterocycles. The Morgan fingerprint density at radius 2 is 1.64 bits per heavy atom. The van der Waals surface area contributed by atoms with Crippen LogP contribution in [0.1, 0.15) is 25.0 Å². The third kappa shape index (κ3) is 2.65. The van der Waals surface area contributed by atoms with Gasteiger partial charge in [0, 0.05) is 23.0 Å². The first kappa shape index (κ1) is 25.9. The Hall–Kier alpha value is -3.79. The third-order valence-corrected chi connectivity index (χ3v) is 10.6. The van der Waals surface area contributed by atoms with Gasteiger partial charge in [0.05, 0.1) is 17.4 Å². The Morgan fingerprint density at radius 3 is 2.31 bits per heavy atom. The molecule has 5 fully saturated rings. The van der Waals surface area contributed by atoms with Crippen LogP contribution in [0, 0.1) is 22.7 Å². The van der Waals surface area contributed by atoms with Crippen LogP contribution in [0.5, 0.6) is 0 Å². The van der Waals surface area contributed by atoms with Crippen molar-refractivity contribution in [1.29, 1.82) is 0 Å². The quantitative estimate of drug-likeness (QED) is 0.318. The number of carbonyl (C=O) groups is 3. The van der Waals surface area contributed by atoms with Crippen LogP contribution in [0.15, 0.2) is 84.0 Å². The third-order valence-electron chi connectivity index (χ3n) is 10.6. The van der Waals surface area contributed by atoms with Crippen molar-refractivity contribution in [3.05, 3.63) is 95.1 Å². The van der Waals surface area contributed by atoms with E-state index in [1.807, 2.05) is 67.6 Å². The lowest BCUT2D eigenvalue weighted by molar-refractivity contribution is -0.190. The molecular formula is C33H30O9. The SMILES string of the molecule is C=C(C)[C@@H]1[C@@H](Cc2ccccc2)C2OC(=O)C34OC5OC(=O)[C@H](OCc6ccccc6)C51C23[C@@H](O)C1OC(=O)C(C)=C14. The first-order chi connectivity index (χ1) is 20.2. The van der Waals surface area contributed by atoms with Crippen molar-refractivity contribution >= 4 is 17.9 Å². The lowest BCUT2D eigenvalue weighted by Crippen LogP contribution is -2.62. The molecule has 0 amide bonds. The molecule has 3 saturated heterocycles. The maximum Gasteiger partial charge on any atom is 0.344 e. The molecule has 216 valence electrons. The number of fused-ring (bicyclic) bond motifs is 1. The molecule has 2 aromatic rings. The van der Waals surface area contributed by atoms with Gasteiger partial charge in [-0.25, -0.2) is 14.4 Å². The van der Waals surface area contributed by atoms with Gasteiger partial charge < -0.3 is 28.8 Å². The number of allylic oxidation sites excluding steroid dienone is 1. The van der Waals surface area contributed by atoms with Crippen LogP contribution < -0.4 is 0 Å². The second-order valence-corrected chi connectivity index (χ2v) is 12.4. The summed E-state index contributed by atoms with van der Waals surface area (Å²) in [5, 5.41) is 12.4. The van der Waals surface area contributed by atoms with Crippen molar-refractivity contribution in [2.45, 2.75) is 63.2 Å². The molecule has 9 heteroatoms. The van der Waals surface area contributed by atoms with E-state index in [0.717, 1.165) is 16.7 Å². The second kappa shape index (κ2) is 8.40. The molecular weight excluding hydrogens is 540 g/mol. The molecule has 1 N–H and O–H groups in total. The molecule has 8 rings (SSSR count). The lowest BCUT2D eigenvalue weighted by atomic mass is 9.54. The van der Waals surface area contributed by atoms with E-state index in [0.29, 0.717) is 6.42 Å². The van der Waals surface area contributed by atoms with Crippen molar-refractivity contribution in [3.8, 4) is 0 Å². The van der Waals surface area contributed by atoms with E-state index in [2.05, 4.69) is 6.58 Å². The summed E-state index contributed by atoms with van der Waals surface area (Å²) in [6.07, 6.45) is -5.48. The largest absolute Gasteiger partial charge is 0.459 e. The Bertz CT molecular complexity index is 1580. The van der Waals surface area contributed by atoms with Crippen LogP contribution in [-0.4, -0.2) is 59.3 Å². The number of carbonyl (C=O) groups excluding carboxylic acids is 3. The molecule has 0 radical (unpaired) electrons. The van der Waals surface area contributed by atoms with E-state index in [1.165, 1.54) is 0 Å². The molecule has 2 aromatic carbocycles. The van der Waals surface area contributed by atoms with Crippen LogP contribution in [-0.2, 0) is 51.1 Å². The number of rotatable bonds is 6. The molecule has 6 unspecified atom stereocenters. The number of hydrogen-bond donors (Lipinski definition) is 1. The highest BCUT2D eigenvalue weighted by Gasteiger charge is 3.00. The van der Waals surface area contributed by atoms with Crippen LogP contribution in [0.3, 0.4) is 0 Å². The molecule has 9 nitrogen and oxygen atoms in total. The summed E-state index contributed by atoms with van der Waals surface area (Å²) in [7, 11) is 0. The summed E-state index contributed by atoms with van der Waals surface area (Å²) in [6, 6.07) is 19.2. The number of esters is 3. The predicted octanol–water partition coefficient (Wildman–Crippen LogP) is 2.80. The fourth-order valence-corrected chi connectivity index (χ4v) is 9.54. The highest BCUT2D eigenvalue weighted by atomic mass is 16.8. The second-order valence-electron chi connectivity index (χ2n) is 12.4. The van der Waals surface area contributed by atoms with Gasteiger partial charge in [0.25, 0.3) is 0 Å². The van der Waals surface area contributed by atoms with Gasteiger partial charge in [-0.05, 0) is 31.4 Å². The fraction of sp³-hybridized carbons (Fsp3) is 0.424. The van der Waals surface area contributed by atoms with E-state index in [9.17, 15) is 19.5 Å². The molecule has 4 heterocycles. The predicted molar refractivity (Wildman–Crippen MR) is 144 cm³/mol. The molecule has 2 spiro atoms. The Labute approximate surface area is 242 Å². The van der Waals surface area contributed by atoms with Crippen molar-refractivity contribution in [3.63, 3.8) is 0 Å². The van der Waals surface area contributed by atoms with E-state index in [-0.39, 0.29) is 17.8 Å². The monoisotopic (exact) mass is 570 g/mol. The minimum Gasteiger partial charge on any atom is -0.459 e. The Kier molecular flexibility index (Phi) is 5.18. The maximum atomic E-state index is 14.2. The smallest absolute Gasteiger partial charge is 0.344 e. The normalized spacial score (nSPS) is 42.2. The van der Waals surface area contributed by atoms with Crippen LogP contribution in [0.25, 0.3) is 0 Å². The average Bonchev–Trinajstić information content (AvgIpc) is 3.70. The topological polar surface area (TPSA) is 118 Å². The summed E-state index contributed by atoms with van der Waals surface area (Å²) in [6.45, 7) is 7.88. The summed E-state index contributed by atoms with van der Waals surface area (Å²) >= 11 is 0. The summed E-state index contributed by atoms with van der Waals surface area (Å²) in [5.74, 6) is -2.93. The van der Waals surface area contributed by atoms with Crippen molar-refractivity contribution in [1.82, 2.24) is 0 Å². The van der Waals surface area contributed by atoms with Crippen molar-refractivity contribution in [2.24, 2.45) is 22.7 Å². The van der Waals surface area contributed by atoms with E-state index in [4.69, 9.17) is 23.7 Å². The summed E-state index contributed by atoms with van der Waals surface area (Å²) in [4.78, 5) is 40.7. The number of benzene rings is 2. The van der Waals surface area contributed by atoms with Gasteiger partial charge in [0.1, 0.15) is 12.2 Å². The zero-order valence-corrected chi connectivity index (χ0v) is 23.1. The Morgan fingerprint density at radius 1 is 0.976 bits per heavy atom. The van der Waals surface area contributed by atoms with Gasteiger partial charge in [-0.3, -0.25) is 0 Å². The fourth-order valence-electron chi connectivity index (χ4n) is 9.54. The first-order valence-electron chi connectivity index (χ1n) is 14.3. The van der Waals surface area contributed by atoms with Crippen molar-refractivity contribution < 1.29 is 43.2 Å². The highest BCUT2D eigenvalue weighted by Crippen LogP contribution is 2.84. The number of aliphatic hydroxyl groups is 1. The van der Waals surface area contributed by atoms with Crippen LogP contribution >= 0.6 is 0 Å². The van der Waals surface area contributed by atoms with E-state index >= 15 is 0 Å². The van der Waals surface area contributed by atoms with Crippen LogP contribution in [0.2, 0.25) is 0 Å². The molecule has 2 aliphatic carbocycles. The minimum absolute atomic E-state index is 0.0835. The van der Waals surface area contributed by atoms with Gasteiger partial charge in [0.2, 0.25) is 11.9 Å². The zero-order valence-electron chi connectivity index (χ0n) is 23.1. The molecule has 0 aromatic heterocycles. The molecule has 2 saturated carbocycles. The lowest BCUT2D eigenvalue weighted by Gasteiger charge is -2.45. The van der Waals surface area contributed by atoms with E-state index in [1.54, 1.807) is 6.92 Å². The zero-order chi connectivity index (χ0) is 29.2. The van der Waals surface area contributed by atoms with Gasteiger partial charge in [0.15, 0.2) is 12.2 Å². The number of aliphatic hydroxyl groups excluding tert-OH is 1. The molecule has 10 atom stereocenters. The maximum absolute atomic E-state index is 14.2. The number of hydrogen-bond acceptors (Lipinski definition) is 9.